The van der Waals surface area contributed by atoms with Gasteiger partial charge in [0.05, 0.1) is 18.4 Å². The summed E-state index contributed by atoms with van der Waals surface area (Å²) in [7, 11) is 0. The zero-order valence-electron chi connectivity index (χ0n) is 11.6. The number of carboxylic acids is 1. The summed E-state index contributed by atoms with van der Waals surface area (Å²) in [6.45, 7) is 0. The molecule has 0 unspecified atom stereocenters. The molecule has 3 heteroatoms. The molecule has 0 bridgehead atoms. The quantitative estimate of drug-likeness (QED) is 0.878. The van der Waals surface area contributed by atoms with E-state index in [0.29, 0.717) is 6.42 Å². The Kier molecular flexibility index (Phi) is 5.11. The van der Waals surface area contributed by atoms with Crippen LogP contribution in [0.4, 0.5) is 0 Å². The van der Waals surface area contributed by atoms with Gasteiger partial charge in [-0.2, -0.15) is 5.26 Å². The Morgan fingerprint density at radius 1 is 1.05 bits per heavy atom. The lowest BCUT2D eigenvalue weighted by atomic mass is 9.80. The van der Waals surface area contributed by atoms with Gasteiger partial charge in [0, 0.05) is 5.92 Å². The summed E-state index contributed by atoms with van der Waals surface area (Å²) in [5, 5.41) is 18.4. The number of carboxylic acid groups (broad SMARTS) is 1. The highest BCUT2D eigenvalue weighted by molar-refractivity contribution is 5.67. The Bertz CT molecular complexity index is 617. The predicted octanol–water partition coefficient (Wildman–Crippen LogP) is 3.63. The van der Waals surface area contributed by atoms with Crippen LogP contribution < -0.4 is 0 Å². The van der Waals surface area contributed by atoms with Crippen molar-refractivity contribution in [1.82, 2.24) is 0 Å². The largest absolute Gasteiger partial charge is 0.481 e. The average Bonchev–Trinajstić information content (AvgIpc) is 2.52. The Hall–Kier alpha value is -2.60. The lowest BCUT2D eigenvalue weighted by Crippen LogP contribution is -2.17. The van der Waals surface area contributed by atoms with Gasteiger partial charge in [-0.05, 0) is 17.5 Å². The van der Waals surface area contributed by atoms with Crippen molar-refractivity contribution in [3.63, 3.8) is 0 Å². The van der Waals surface area contributed by atoms with Gasteiger partial charge in [-0.1, -0.05) is 60.7 Å². The smallest absolute Gasteiger partial charge is 0.304 e. The van der Waals surface area contributed by atoms with Crippen molar-refractivity contribution in [3.05, 3.63) is 71.8 Å². The summed E-state index contributed by atoms with van der Waals surface area (Å²) in [4.78, 5) is 11.0. The topological polar surface area (TPSA) is 61.1 Å². The third kappa shape index (κ3) is 4.19. The van der Waals surface area contributed by atoms with E-state index in [-0.39, 0.29) is 12.3 Å². The second kappa shape index (κ2) is 7.25. The Morgan fingerprint density at radius 3 is 2.14 bits per heavy atom. The minimum atomic E-state index is -0.935. The summed E-state index contributed by atoms with van der Waals surface area (Å²) in [6.07, 6.45) is 0.527. The molecular formula is C18H17NO2. The standard InChI is InChI=1S/C18H17NO2/c19-13-16(12-18(20)21)17(15-9-5-2-6-10-15)11-14-7-3-1-4-8-14/h1-10,16-17H,11-12H2,(H,20,21)/t16-,17+/m1/s1. The van der Waals surface area contributed by atoms with E-state index in [2.05, 4.69) is 6.07 Å². The Balaban J connectivity index is 2.30. The minimum absolute atomic E-state index is 0.116. The summed E-state index contributed by atoms with van der Waals surface area (Å²) < 4.78 is 0. The number of benzene rings is 2. The van der Waals surface area contributed by atoms with E-state index in [4.69, 9.17) is 5.11 Å². The minimum Gasteiger partial charge on any atom is -0.481 e. The molecule has 3 nitrogen and oxygen atoms in total. The fourth-order valence-electron chi connectivity index (χ4n) is 2.53. The molecule has 0 aliphatic rings. The summed E-state index contributed by atoms with van der Waals surface area (Å²) >= 11 is 0. The van der Waals surface area contributed by atoms with Crippen LogP contribution in [0.25, 0.3) is 0 Å². The number of carbonyl (C=O) groups is 1. The van der Waals surface area contributed by atoms with E-state index in [0.717, 1.165) is 11.1 Å². The van der Waals surface area contributed by atoms with Crippen LogP contribution >= 0.6 is 0 Å². The maximum Gasteiger partial charge on any atom is 0.304 e. The highest BCUT2D eigenvalue weighted by atomic mass is 16.4. The SMILES string of the molecule is N#C[C@@H](CC(=O)O)[C@@H](Cc1ccccc1)c1ccccc1. The maximum atomic E-state index is 11.0. The van der Waals surface area contributed by atoms with Gasteiger partial charge in [0.2, 0.25) is 0 Å². The molecule has 2 atom stereocenters. The van der Waals surface area contributed by atoms with Crippen molar-refractivity contribution in [2.24, 2.45) is 5.92 Å². The lowest BCUT2D eigenvalue weighted by Gasteiger charge is -2.21. The molecule has 0 spiro atoms. The van der Waals surface area contributed by atoms with Crippen LogP contribution in [0.5, 0.6) is 0 Å². The zero-order chi connectivity index (χ0) is 15.1. The van der Waals surface area contributed by atoms with Crippen molar-refractivity contribution in [2.45, 2.75) is 18.8 Å². The Labute approximate surface area is 124 Å². The molecule has 0 aliphatic carbocycles. The maximum absolute atomic E-state index is 11.0. The number of rotatable bonds is 6. The molecule has 0 saturated heterocycles. The molecule has 0 fully saturated rings. The highest BCUT2D eigenvalue weighted by Crippen LogP contribution is 2.30. The van der Waals surface area contributed by atoms with Crippen molar-refractivity contribution in [3.8, 4) is 6.07 Å². The molecule has 2 aromatic carbocycles. The molecule has 0 heterocycles. The first-order chi connectivity index (χ1) is 10.2. The van der Waals surface area contributed by atoms with Crippen molar-refractivity contribution >= 4 is 5.97 Å². The molecule has 106 valence electrons. The van der Waals surface area contributed by atoms with E-state index < -0.39 is 11.9 Å². The van der Waals surface area contributed by atoms with Crippen LogP contribution in [0.1, 0.15) is 23.5 Å². The first kappa shape index (κ1) is 14.8. The highest BCUT2D eigenvalue weighted by Gasteiger charge is 2.25. The molecule has 2 rings (SSSR count). The summed E-state index contributed by atoms with van der Waals surface area (Å²) in [5.74, 6) is -1.59. The number of hydrogen-bond donors (Lipinski definition) is 1. The molecule has 2 aromatic rings. The lowest BCUT2D eigenvalue weighted by molar-refractivity contribution is -0.137. The van der Waals surface area contributed by atoms with Gasteiger partial charge in [0.1, 0.15) is 0 Å². The molecule has 0 amide bonds. The van der Waals surface area contributed by atoms with Gasteiger partial charge in [-0.25, -0.2) is 0 Å². The fourth-order valence-corrected chi connectivity index (χ4v) is 2.53. The predicted molar refractivity (Wildman–Crippen MR) is 80.7 cm³/mol. The normalized spacial score (nSPS) is 13.1. The summed E-state index contributed by atoms with van der Waals surface area (Å²) in [6, 6.07) is 21.7. The van der Waals surface area contributed by atoms with Gasteiger partial charge < -0.3 is 5.11 Å². The first-order valence-corrected chi connectivity index (χ1v) is 6.91. The molecule has 0 saturated carbocycles. The zero-order valence-corrected chi connectivity index (χ0v) is 11.6. The number of nitrogens with zero attached hydrogens (tertiary/aromatic N) is 1. The molecule has 0 aliphatic heterocycles. The van der Waals surface area contributed by atoms with Crippen LogP contribution in [0.3, 0.4) is 0 Å². The van der Waals surface area contributed by atoms with Gasteiger partial charge in [-0.3, -0.25) is 4.79 Å². The molecule has 1 N–H and O–H groups in total. The van der Waals surface area contributed by atoms with Gasteiger partial charge in [-0.15, -0.1) is 0 Å². The summed E-state index contributed by atoms with van der Waals surface area (Å²) in [5.41, 5.74) is 2.12. The van der Waals surface area contributed by atoms with Gasteiger partial charge in [0.15, 0.2) is 0 Å². The molecule has 0 radical (unpaired) electrons. The average molecular weight is 279 g/mol. The van der Waals surface area contributed by atoms with E-state index in [1.807, 2.05) is 60.7 Å². The van der Waals surface area contributed by atoms with Crippen molar-refractivity contribution in [2.75, 3.05) is 0 Å². The molecule has 21 heavy (non-hydrogen) atoms. The number of aliphatic carboxylic acids is 1. The van der Waals surface area contributed by atoms with Gasteiger partial charge >= 0.3 is 5.97 Å². The van der Waals surface area contributed by atoms with Crippen LogP contribution in [0.15, 0.2) is 60.7 Å². The number of hydrogen-bond acceptors (Lipinski definition) is 2. The van der Waals surface area contributed by atoms with Crippen molar-refractivity contribution in [1.29, 1.82) is 5.26 Å². The molecular weight excluding hydrogens is 262 g/mol. The van der Waals surface area contributed by atoms with E-state index in [9.17, 15) is 10.1 Å². The van der Waals surface area contributed by atoms with E-state index in [1.54, 1.807) is 0 Å². The first-order valence-electron chi connectivity index (χ1n) is 6.91. The third-order valence-electron chi connectivity index (χ3n) is 3.57. The fraction of sp³-hybridized carbons (Fsp3) is 0.222. The van der Waals surface area contributed by atoms with E-state index >= 15 is 0 Å². The second-order valence-electron chi connectivity index (χ2n) is 5.04. The monoisotopic (exact) mass is 279 g/mol. The van der Waals surface area contributed by atoms with Crippen LogP contribution in [0.2, 0.25) is 0 Å². The number of nitriles is 1. The third-order valence-corrected chi connectivity index (χ3v) is 3.57. The van der Waals surface area contributed by atoms with Crippen LogP contribution in [0, 0.1) is 17.2 Å². The van der Waals surface area contributed by atoms with Crippen LogP contribution in [-0.2, 0) is 11.2 Å². The molecule has 0 aromatic heterocycles. The van der Waals surface area contributed by atoms with Crippen LogP contribution in [-0.4, -0.2) is 11.1 Å². The van der Waals surface area contributed by atoms with Gasteiger partial charge in [0.25, 0.3) is 0 Å². The van der Waals surface area contributed by atoms with E-state index in [1.165, 1.54) is 0 Å². The second-order valence-corrected chi connectivity index (χ2v) is 5.04. The Morgan fingerprint density at radius 2 is 1.62 bits per heavy atom. The van der Waals surface area contributed by atoms with Crippen molar-refractivity contribution < 1.29 is 9.90 Å².